The number of nitrogens with one attached hydrogen (secondary N) is 1. The second-order valence-corrected chi connectivity index (χ2v) is 18.5. The third-order valence-corrected chi connectivity index (χ3v) is 9.26. The molecule has 9 heterocycles. The Morgan fingerprint density at radius 3 is 1.03 bits per heavy atom. The van der Waals surface area contributed by atoms with Crippen molar-refractivity contribution in [1.29, 1.82) is 0 Å². The minimum Gasteiger partial charge on any atom is -0.449 e. The van der Waals surface area contributed by atoms with E-state index < -0.39 is 0 Å². The molecule has 0 unspecified atom stereocenters. The van der Waals surface area contributed by atoms with Gasteiger partial charge in [0, 0.05) is 85.2 Å². The number of aromatic amines is 1. The summed E-state index contributed by atoms with van der Waals surface area (Å²) in [5, 5.41) is 34.6. The Labute approximate surface area is 559 Å². The number of oxazole rings is 1. The van der Waals surface area contributed by atoms with E-state index in [-0.39, 0.29) is 7.43 Å². The number of hydrogen-bond donors (Lipinski definition) is 1. The van der Waals surface area contributed by atoms with E-state index in [2.05, 4.69) is 172 Å². The summed E-state index contributed by atoms with van der Waals surface area (Å²) in [6, 6.07) is 16.7. The lowest BCUT2D eigenvalue weighted by Gasteiger charge is -2.03. The highest BCUT2D eigenvalue weighted by molar-refractivity contribution is 5.07. The minimum absolute atomic E-state index is 0. The van der Waals surface area contributed by atoms with Gasteiger partial charge in [0.15, 0.2) is 12.2 Å². The number of hydrogen-bond acceptors (Lipinski definition) is 13. The molecule has 20 nitrogen and oxygen atoms in total. The molecule has 0 aliphatic carbocycles. The molecule has 0 atom stereocenters. The van der Waals surface area contributed by atoms with E-state index in [1.165, 1.54) is 12.0 Å². The average molecular weight is 1280 g/mol. The third-order valence-electron chi connectivity index (χ3n) is 9.26. The largest absolute Gasteiger partial charge is 0.449 e. The summed E-state index contributed by atoms with van der Waals surface area (Å²) in [4.78, 5) is 14.1. The number of tetrazole rings is 1. The second-order valence-electron chi connectivity index (χ2n) is 18.5. The van der Waals surface area contributed by atoms with Gasteiger partial charge in [0.2, 0.25) is 0 Å². The Bertz CT molecular complexity index is 1840. The predicted octanol–water partition coefficient (Wildman–Crippen LogP) is 22.6. The molecule has 0 aliphatic heterocycles. The van der Waals surface area contributed by atoms with Crippen molar-refractivity contribution in [3.8, 4) is 0 Å². The molecular weight excluding hydrogens is 1140 g/mol. The van der Waals surface area contributed by atoms with Gasteiger partial charge in [-0.1, -0.05) is 179 Å². The summed E-state index contributed by atoms with van der Waals surface area (Å²) in [5.74, 6) is 2.33. The van der Waals surface area contributed by atoms with E-state index in [0.29, 0.717) is 54.0 Å². The van der Waals surface area contributed by atoms with Gasteiger partial charge >= 0.3 is 0 Å². The van der Waals surface area contributed by atoms with Crippen molar-refractivity contribution in [2.45, 2.75) is 311 Å². The molecule has 9 aromatic heterocycles. The highest BCUT2D eigenvalue weighted by Gasteiger charge is 2.01. The van der Waals surface area contributed by atoms with E-state index in [1.54, 1.807) is 70.4 Å². The normalized spacial score (nSPS) is 8.80. The van der Waals surface area contributed by atoms with E-state index in [4.69, 9.17) is 4.42 Å². The molecule has 9 rings (SSSR count). The molecule has 0 radical (unpaired) electrons. The van der Waals surface area contributed by atoms with Crippen LogP contribution >= 0.6 is 0 Å². The van der Waals surface area contributed by atoms with Crippen LogP contribution in [0.25, 0.3) is 0 Å². The molecule has 20 heteroatoms. The highest BCUT2D eigenvalue weighted by Crippen LogP contribution is 2.11. The number of H-pyrrole nitrogens is 1. The van der Waals surface area contributed by atoms with Crippen LogP contribution < -0.4 is 0 Å². The Hall–Kier alpha value is -7.25. The van der Waals surface area contributed by atoms with Gasteiger partial charge in [-0.25, -0.2) is 9.97 Å². The van der Waals surface area contributed by atoms with E-state index in [9.17, 15) is 0 Å². The molecule has 0 saturated carbocycles. The fraction of sp³-hybridized carbons (Fsp3) is 0.648. The van der Waals surface area contributed by atoms with Crippen LogP contribution in [0.4, 0.5) is 0 Å². The van der Waals surface area contributed by atoms with Gasteiger partial charge in [-0.05, 0) is 137 Å². The first-order valence-electron chi connectivity index (χ1n) is 33.7. The SMILES string of the molecule is C.CC.CC.CC.CC.CC.CC.CC.CC.CC.CC(C)c1ccc[nH]1.CC(C)c1ccon1.CC(C)c1ncco1.CC(C)n1cccc1.CC(C)n1cccn1.CC(C)n1cccn1.CC(C)n1cncn1.CC(C)n1nccn1.CC(C)n1ncnn1. The molecule has 0 aromatic carbocycles. The van der Waals surface area contributed by atoms with E-state index in [0.717, 1.165) is 11.6 Å². The highest BCUT2D eigenvalue weighted by atomic mass is 16.5. The van der Waals surface area contributed by atoms with Crippen molar-refractivity contribution in [3.63, 3.8) is 0 Å². The predicted molar refractivity (Wildman–Crippen MR) is 394 cm³/mol. The molecule has 0 amide bonds. The summed E-state index contributed by atoms with van der Waals surface area (Å²) < 4.78 is 17.4. The van der Waals surface area contributed by atoms with Gasteiger partial charge in [0.05, 0.1) is 36.4 Å². The van der Waals surface area contributed by atoms with Gasteiger partial charge < -0.3 is 18.5 Å². The average Bonchev–Trinajstić information content (AvgIpc) is 4.54. The van der Waals surface area contributed by atoms with Gasteiger partial charge in [-0.3, -0.25) is 14.0 Å². The molecule has 530 valence electrons. The minimum atomic E-state index is 0. The van der Waals surface area contributed by atoms with Crippen molar-refractivity contribution in [3.05, 3.63) is 153 Å². The van der Waals surface area contributed by atoms with E-state index >= 15 is 0 Å². The van der Waals surface area contributed by atoms with E-state index in [1.807, 2.05) is 231 Å². The second kappa shape index (κ2) is 80.8. The maximum absolute atomic E-state index is 4.98. The molecule has 0 fully saturated rings. The van der Waals surface area contributed by atoms with Crippen molar-refractivity contribution >= 4 is 0 Å². The van der Waals surface area contributed by atoms with Gasteiger partial charge in [0.1, 0.15) is 25.2 Å². The van der Waals surface area contributed by atoms with Gasteiger partial charge in [-0.15, -0.1) is 10.2 Å². The molecule has 0 saturated heterocycles. The Morgan fingerprint density at radius 2 is 0.857 bits per heavy atom. The fourth-order valence-corrected chi connectivity index (χ4v) is 5.00. The summed E-state index contributed by atoms with van der Waals surface area (Å²) in [5.41, 5.74) is 2.33. The van der Waals surface area contributed by atoms with Crippen LogP contribution in [0, 0.1) is 0 Å². The molecule has 1 N–H and O–H groups in total. The first-order valence-corrected chi connectivity index (χ1v) is 33.7. The molecule has 9 aromatic rings. The molecule has 0 aliphatic rings. The maximum atomic E-state index is 4.98. The number of aromatic nitrogens is 18. The van der Waals surface area contributed by atoms with Crippen molar-refractivity contribution in [1.82, 2.24) is 89.2 Å². The summed E-state index contributed by atoms with van der Waals surface area (Å²) in [6.45, 7) is 73.6. The monoisotopic (exact) mass is 1280 g/mol. The lowest BCUT2D eigenvalue weighted by Crippen LogP contribution is -2.04. The molecule has 91 heavy (non-hydrogen) atoms. The van der Waals surface area contributed by atoms with Crippen LogP contribution in [0.1, 0.15) is 328 Å². The topological polar surface area (TPSA) is 213 Å². The smallest absolute Gasteiger partial charge is 0.196 e. The summed E-state index contributed by atoms with van der Waals surface area (Å²) in [7, 11) is 0. The fourth-order valence-electron chi connectivity index (χ4n) is 5.00. The first-order chi connectivity index (χ1) is 43.2. The lowest BCUT2D eigenvalue weighted by atomic mass is 10.1. The molecule has 0 spiro atoms. The van der Waals surface area contributed by atoms with Crippen LogP contribution in [0.15, 0.2) is 145 Å². The standard InChI is InChI=1S/2C7H11N.2C6H10N2.2C6H9NO.2C5H9N3.C4H8N4.9C2H6.CH4/c1-7(2)8-5-3-4-6-8;1-6(2)7-4-3-5-8-7;2*1-6(2)8-5-3-4-7-8;1-5(2)6-7-3-4-8-6;1-5(2)6-3-4-8-7-6;1-5(2)8-4-6-3-7-8;1-5(2)8-6-3-4-7-8;1-4(2)8-6-3-5-7-8;9*1-2;/h3-7H,1-2H3;3-6,8H,1-2H3;2*3-6H,1-2H3;4*3-5H,1-2H3;3-4H,1-2H3;9*1-2H3;1H4. The quantitative estimate of drug-likeness (QED) is 0.143. The summed E-state index contributed by atoms with van der Waals surface area (Å²) in [6.07, 6.45) is 26.5. The molecular formula is C71H144N18O2. The Balaban J connectivity index is -0.0000000981. The number of rotatable bonds is 9. The lowest BCUT2D eigenvalue weighted by molar-refractivity contribution is 0.408. The van der Waals surface area contributed by atoms with Crippen molar-refractivity contribution in [2.24, 2.45) is 0 Å². The zero-order valence-electron chi connectivity index (χ0n) is 64.3. The maximum Gasteiger partial charge on any atom is 0.196 e. The zero-order chi connectivity index (χ0) is 71.8. The van der Waals surface area contributed by atoms with Crippen LogP contribution in [-0.2, 0) is 0 Å². The Kier molecular flexibility index (Phi) is 93.6. The van der Waals surface area contributed by atoms with Crippen LogP contribution in [0.5, 0.6) is 0 Å². The first kappa shape index (κ1) is 105. The molecule has 0 bridgehead atoms. The van der Waals surface area contributed by atoms with Crippen LogP contribution in [0.3, 0.4) is 0 Å². The van der Waals surface area contributed by atoms with Crippen molar-refractivity contribution < 1.29 is 8.94 Å². The summed E-state index contributed by atoms with van der Waals surface area (Å²) >= 11 is 0. The van der Waals surface area contributed by atoms with Gasteiger partial charge in [-0.2, -0.15) is 35.1 Å². The van der Waals surface area contributed by atoms with Crippen LogP contribution in [-0.4, -0.2) is 89.2 Å². The van der Waals surface area contributed by atoms with Gasteiger partial charge in [0.25, 0.3) is 0 Å². The zero-order valence-corrected chi connectivity index (χ0v) is 64.3. The Morgan fingerprint density at radius 1 is 0.396 bits per heavy atom. The third kappa shape index (κ3) is 64.1. The number of nitrogens with zero attached hydrogens (tertiary/aromatic N) is 17. The van der Waals surface area contributed by atoms with Crippen molar-refractivity contribution in [2.75, 3.05) is 0 Å². The van der Waals surface area contributed by atoms with Crippen LogP contribution in [0.2, 0.25) is 0 Å².